The van der Waals surface area contributed by atoms with Crippen LogP contribution in [-0.2, 0) is 6.42 Å². The maximum Gasteiger partial charge on any atom is 0.141 e. The van der Waals surface area contributed by atoms with Gasteiger partial charge in [0, 0.05) is 17.5 Å². The average molecular weight is 349 g/mol. The predicted octanol–water partition coefficient (Wildman–Crippen LogP) is 4.26. The van der Waals surface area contributed by atoms with E-state index >= 15 is 0 Å². The largest absolute Gasteiger partial charge is 0.346 e. The molecule has 1 saturated carbocycles. The Labute approximate surface area is 150 Å². The molecule has 5 nitrogen and oxygen atoms in total. The van der Waals surface area contributed by atoms with Gasteiger partial charge in [-0.05, 0) is 61.8 Å². The van der Waals surface area contributed by atoms with Gasteiger partial charge in [0.25, 0.3) is 0 Å². The van der Waals surface area contributed by atoms with Crippen LogP contribution in [0.15, 0.2) is 42.9 Å². The van der Waals surface area contributed by atoms with Crippen molar-refractivity contribution in [3.8, 4) is 0 Å². The zero-order valence-electron chi connectivity index (χ0n) is 14.4. The third kappa shape index (κ3) is 2.66. The molecule has 4 aromatic rings. The smallest absolute Gasteiger partial charge is 0.141 e. The van der Waals surface area contributed by atoms with E-state index in [0.29, 0.717) is 11.8 Å². The topological polar surface area (TPSA) is 58.9 Å². The third-order valence-electron chi connectivity index (χ3n) is 5.67. The Morgan fingerprint density at radius 3 is 2.69 bits per heavy atom. The Bertz CT molecular complexity index is 1040. The molecule has 0 bridgehead atoms. The van der Waals surface area contributed by atoms with E-state index in [1.807, 2.05) is 24.4 Å². The fourth-order valence-electron chi connectivity index (χ4n) is 4.29. The lowest BCUT2D eigenvalue weighted by Crippen LogP contribution is -2.16. The molecule has 0 saturated heterocycles. The number of hydrogen-bond acceptors (Lipinski definition) is 3. The molecule has 1 aliphatic carbocycles. The zero-order chi connectivity index (χ0) is 17.5. The van der Waals surface area contributed by atoms with Gasteiger partial charge in [-0.25, -0.2) is 13.9 Å². The summed E-state index contributed by atoms with van der Waals surface area (Å²) in [4.78, 5) is 7.53. The molecule has 0 spiro atoms. The molecule has 0 unspecified atom stereocenters. The van der Waals surface area contributed by atoms with Crippen LogP contribution in [0.25, 0.3) is 16.6 Å². The quantitative estimate of drug-likeness (QED) is 0.601. The van der Waals surface area contributed by atoms with Crippen molar-refractivity contribution in [1.82, 2.24) is 24.8 Å². The highest BCUT2D eigenvalue weighted by Crippen LogP contribution is 2.38. The highest BCUT2D eigenvalue weighted by molar-refractivity contribution is 5.92. The van der Waals surface area contributed by atoms with Crippen molar-refractivity contribution >= 4 is 16.6 Å². The van der Waals surface area contributed by atoms with Gasteiger partial charge in [0.15, 0.2) is 0 Å². The lowest BCUT2D eigenvalue weighted by Gasteiger charge is -2.27. The Kier molecular flexibility index (Phi) is 3.69. The van der Waals surface area contributed by atoms with E-state index in [1.165, 1.54) is 18.4 Å². The van der Waals surface area contributed by atoms with Crippen molar-refractivity contribution in [2.24, 2.45) is 5.92 Å². The lowest BCUT2D eigenvalue weighted by molar-refractivity contribution is 0.322. The van der Waals surface area contributed by atoms with Crippen LogP contribution in [0, 0.1) is 11.7 Å². The molecular weight excluding hydrogens is 329 g/mol. The number of hydrogen-bond donors (Lipinski definition) is 1. The molecule has 1 fully saturated rings. The molecule has 0 radical (unpaired) electrons. The second kappa shape index (κ2) is 6.20. The number of rotatable bonds is 3. The van der Waals surface area contributed by atoms with Crippen LogP contribution in [0.4, 0.5) is 4.39 Å². The first-order valence-electron chi connectivity index (χ1n) is 9.19. The highest BCUT2D eigenvalue weighted by Gasteiger charge is 2.27. The van der Waals surface area contributed by atoms with Gasteiger partial charge >= 0.3 is 0 Å². The normalized spacial score (nSPS) is 20.8. The lowest BCUT2D eigenvalue weighted by atomic mass is 9.78. The molecule has 26 heavy (non-hydrogen) atoms. The zero-order valence-corrected chi connectivity index (χ0v) is 14.4. The van der Waals surface area contributed by atoms with E-state index in [2.05, 4.69) is 20.3 Å². The summed E-state index contributed by atoms with van der Waals surface area (Å²) in [5.74, 6) is 0.937. The number of aromatic amines is 1. The number of halogens is 1. The molecule has 5 rings (SSSR count). The van der Waals surface area contributed by atoms with Crippen LogP contribution in [0.5, 0.6) is 0 Å². The summed E-state index contributed by atoms with van der Waals surface area (Å²) < 4.78 is 14.9. The SMILES string of the molecule is Fc1ccc(CC2CCC(c3nnn4cnc5[nH]ccc5c34)CC2)cc1. The number of fused-ring (bicyclic) bond motifs is 3. The van der Waals surface area contributed by atoms with Crippen LogP contribution in [0.1, 0.15) is 42.9 Å². The van der Waals surface area contributed by atoms with Crippen LogP contribution in [0.3, 0.4) is 0 Å². The highest BCUT2D eigenvalue weighted by atomic mass is 19.1. The van der Waals surface area contributed by atoms with E-state index in [4.69, 9.17) is 0 Å². The first kappa shape index (κ1) is 15.5. The van der Waals surface area contributed by atoms with E-state index in [9.17, 15) is 4.39 Å². The molecular formula is C20H20FN5. The molecule has 0 aliphatic heterocycles. The van der Waals surface area contributed by atoms with Gasteiger partial charge in [-0.3, -0.25) is 0 Å². The minimum atomic E-state index is -0.165. The van der Waals surface area contributed by atoms with Crippen LogP contribution in [0.2, 0.25) is 0 Å². The molecule has 132 valence electrons. The maximum atomic E-state index is 13.1. The molecule has 1 N–H and O–H groups in total. The first-order valence-corrected chi connectivity index (χ1v) is 9.19. The average Bonchev–Trinajstić information content (AvgIpc) is 3.30. The Hall–Kier alpha value is -2.76. The van der Waals surface area contributed by atoms with Gasteiger partial charge < -0.3 is 4.98 Å². The van der Waals surface area contributed by atoms with Gasteiger partial charge in [0.1, 0.15) is 23.3 Å². The van der Waals surface area contributed by atoms with E-state index < -0.39 is 0 Å². The monoisotopic (exact) mass is 349 g/mol. The minimum Gasteiger partial charge on any atom is -0.346 e. The van der Waals surface area contributed by atoms with Crippen molar-refractivity contribution < 1.29 is 4.39 Å². The van der Waals surface area contributed by atoms with Crippen molar-refractivity contribution in [3.63, 3.8) is 0 Å². The summed E-state index contributed by atoms with van der Waals surface area (Å²) in [5.41, 5.74) is 4.28. The van der Waals surface area contributed by atoms with Crippen molar-refractivity contribution in [2.75, 3.05) is 0 Å². The minimum absolute atomic E-state index is 0.165. The van der Waals surface area contributed by atoms with Gasteiger partial charge in [0.05, 0.1) is 5.69 Å². The van der Waals surface area contributed by atoms with Crippen LogP contribution in [-0.4, -0.2) is 24.8 Å². The number of nitrogens with one attached hydrogen (secondary N) is 1. The van der Waals surface area contributed by atoms with Crippen LogP contribution >= 0.6 is 0 Å². The summed E-state index contributed by atoms with van der Waals surface area (Å²) in [6.07, 6.45) is 9.24. The third-order valence-corrected chi connectivity index (χ3v) is 5.67. The van der Waals surface area contributed by atoms with E-state index in [1.54, 1.807) is 23.0 Å². The molecule has 6 heteroatoms. The Morgan fingerprint density at radius 1 is 1.08 bits per heavy atom. The summed E-state index contributed by atoms with van der Waals surface area (Å²) in [6, 6.07) is 8.97. The van der Waals surface area contributed by atoms with Gasteiger partial charge in [0.2, 0.25) is 0 Å². The summed E-state index contributed by atoms with van der Waals surface area (Å²) in [6.45, 7) is 0. The van der Waals surface area contributed by atoms with Crippen molar-refractivity contribution in [3.05, 3.63) is 59.9 Å². The summed E-state index contributed by atoms with van der Waals surface area (Å²) in [5, 5.41) is 9.84. The van der Waals surface area contributed by atoms with E-state index in [-0.39, 0.29) is 5.82 Å². The summed E-state index contributed by atoms with van der Waals surface area (Å²) >= 11 is 0. The van der Waals surface area contributed by atoms with Gasteiger partial charge in [-0.15, -0.1) is 5.10 Å². The van der Waals surface area contributed by atoms with Gasteiger partial charge in [-0.1, -0.05) is 17.3 Å². The number of aromatic nitrogens is 5. The molecule has 3 aromatic heterocycles. The fraction of sp³-hybridized carbons (Fsp3) is 0.350. The first-order chi connectivity index (χ1) is 12.8. The van der Waals surface area contributed by atoms with Crippen LogP contribution < -0.4 is 0 Å². The Balaban J connectivity index is 1.34. The number of benzene rings is 1. The fourth-order valence-corrected chi connectivity index (χ4v) is 4.29. The molecule has 3 heterocycles. The van der Waals surface area contributed by atoms with Crippen molar-refractivity contribution in [1.29, 1.82) is 0 Å². The number of nitrogens with zero attached hydrogens (tertiary/aromatic N) is 4. The molecule has 0 atom stereocenters. The molecule has 0 amide bonds. The van der Waals surface area contributed by atoms with E-state index in [0.717, 1.165) is 41.5 Å². The van der Waals surface area contributed by atoms with Gasteiger partial charge in [-0.2, -0.15) is 0 Å². The maximum absolute atomic E-state index is 13.1. The second-order valence-corrected chi connectivity index (χ2v) is 7.30. The standard InChI is InChI=1S/C20H20FN5/c21-16-7-3-14(4-8-16)11-13-1-5-15(6-2-13)18-19-17-9-10-22-20(17)23-12-26(19)25-24-18/h3-4,7-10,12-13,15,22H,1-2,5-6,11H2. The predicted molar refractivity (Wildman–Crippen MR) is 97.4 cm³/mol. The second-order valence-electron chi connectivity index (χ2n) is 7.30. The van der Waals surface area contributed by atoms with Crippen molar-refractivity contribution in [2.45, 2.75) is 38.0 Å². The molecule has 1 aromatic carbocycles. The molecule has 1 aliphatic rings. The number of H-pyrrole nitrogens is 1. The Morgan fingerprint density at radius 2 is 1.88 bits per heavy atom. The summed E-state index contributed by atoms with van der Waals surface area (Å²) in [7, 11) is 0.